The fourth-order valence-electron chi connectivity index (χ4n) is 2.78. The van der Waals surface area contributed by atoms with Crippen molar-refractivity contribution in [2.75, 3.05) is 5.32 Å². The SMILES string of the molecule is CCc1c(C)oc2c(CNc3ccccc3)c(O)ccc2c1=O.Cl. The summed E-state index contributed by atoms with van der Waals surface area (Å²) in [5.41, 5.74) is 2.65. The van der Waals surface area contributed by atoms with Crippen LogP contribution in [0, 0.1) is 6.92 Å². The van der Waals surface area contributed by atoms with Gasteiger partial charge in [-0.15, -0.1) is 12.4 Å². The molecule has 0 atom stereocenters. The van der Waals surface area contributed by atoms with Gasteiger partial charge in [0.05, 0.1) is 10.9 Å². The number of phenolic OH excluding ortho intramolecular Hbond substituents is 1. The second kappa shape index (κ2) is 7.41. The average molecular weight is 346 g/mol. The van der Waals surface area contributed by atoms with E-state index in [1.165, 1.54) is 0 Å². The summed E-state index contributed by atoms with van der Waals surface area (Å²) < 4.78 is 5.86. The van der Waals surface area contributed by atoms with Crippen LogP contribution in [-0.4, -0.2) is 5.11 Å². The second-order valence-corrected chi connectivity index (χ2v) is 5.48. The molecule has 2 aromatic carbocycles. The van der Waals surface area contributed by atoms with Crippen LogP contribution < -0.4 is 10.7 Å². The zero-order valence-corrected chi connectivity index (χ0v) is 14.4. The first-order chi connectivity index (χ1) is 11.1. The molecule has 3 aromatic rings. The number of hydrogen-bond donors (Lipinski definition) is 2. The number of phenols is 1. The number of fused-ring (bicyclic) bond motifs is 1. The lowest BCUT2D eigenvalue weighted by Crippen LogP contribution is -2.12. The number of rotatable bonds is 4. The Morgan fingerprint density at radius 2 is 1.79 bits per heavy atom. The van der Waals surface area contributed by atoms with E-state index in [0.717, 1.165) is 5.69 Å². The van der Waals surface area contributed by atoms with Crippen molar-refractivity contribution in [3.8, 4) is 5.75 Å². The van der Waals surface area contributed by atoms with Crippen LogP contribution in [0.3, 0.4) is 0 Å². The third kappa shape index (κ3) is 3.24. The molecule has 0 aliphatic heterocycles. The van der Waals surface area contributed by atoms with Gasteiger partial charge in [0.15, 0.2) is 5.43 Å². The summed E-state index contributed by atoms with van der Waals surface area (Å²) in [6.07, 6.45) is 0.628. The van der Waals surface area contributed by atoms with E-state index in [1.807, 2.05) is 37.3 Å². The van der Waals surface area contributed by atoms with Gasteiger partial charge in [0.1, 0.15) is 17.1 Å². The first kappa shape index (κ1) is 17.9. The van der Waals surface area contributed by atoms with E-state index < -0.39 is 0 Å². The molecule has 1 aromatic heterocycles. The van der Waals surface area contributed by atoms with Gasteiger partial charge < -0.3 is 14.8 Å². The van der Waals surface area contributed by atoms with Crippen molar-refractivity contribution in [2.24, 2.45) is 0 Å². The highest BCUT2D eigenvalue weighted by atomic mass is 35.5. The van der Waals surface area contributed by atoms with Crippen LogP contribution >= 0.6 is 12.4 Å². The quantitative estimate of drug-likeness (QED) is 0.735. The Morgan fingerprint density at radius 1 is 1.08 bits per heavy atom. The van der Waals surface area contributed by atoms with Gasteiger partial charge in [-0.25, -0.2) is 0 Å². The monoisotopic (exact) mass is 345 g/mol. The Kier molecular flexibility index (Phi) is 5.52. The van der Waals surface area contributed by atoms with Crippen LogP contribution in [0.5, 0.6) is 5.75 Å². The molecule has 0 amide bonds. The van der Waals surface area contributed by atoms with Gasteiger partial charge in [-0.1, -0.05) is 25.1 Å². The molecular formula is C19H20ClNO3. The van der Waals surface area contributed by atoms with Crippen LogP contribution in [0.2, 0.25) is 0 Å². The summed E-state index contributed by atoms with van der Waals surface area (Å²) in [5.74, 6) is 0.726. The van der Waals surface area contributed by atoms with E-state index in [9.17, 15) is 9.90 Å². The molecule has 0 saturated heterocycles. The summed E-state index contributed by atoms with van der Waals surface area (Å²) in [4.78, 5) is 12.6. The van der Waals surface area contributed by atoms with Crippen molar-refractivity contribution in [1.29, 1.82) is 0 Å². The van der Waals surface area contributed by atoms with Gasteiger partial charge in [-0.2, -0.15) is 0 Å². The molecule has 0 bridgehead atoms. The molecule has 0 unspecified atom stereocenters. The highest BCUT2D eigenvalue weighted by Gasteiger charge is 2.15. The number of aryl methyl sites for hydroxylation is 1. The number of para-hydroxylation sites is 1. The van der Waals surface area contributed by atoms with Crippen molar-refractivity contribution in [3.05, 3.63) is 69.6 Å². The molecule has 5 heteroatoms. The van der Waals surface area contributed by atoms with E-state index in [0.29, 0.717) is 40.8 Å². The van der Waals surface area contributed by atoms with Gasteiger partial charge in [0, 0.05) is 17.8 Å². The minimum atomic E-state index is -0.0211. The van der Waals surface area contributed by atoms with Crippen LogP contribution in [0.15, 0.2) is 51.7 Å². The molecule has 0 fully saturated rings. The van der Waals surface area contributed by atoms with E-state index in [-0.39, 0.29) is 23.6 Å². The standard InChI is InChI=1S/C19H19NO3.ClH/c1-3-14-12(2)23-19-15(18(14)22)9-10-17(21)16(19)11-20-13-7-5-4-6-8-13;/h4-10,20-21H,3,11H2,1-2H3;1H. The maximum absolute atomic E-state index is 12.6. The molecule has 0 aliphatic rings. The molecule has 126 valence electrons. The normalized spacial score (nSPS) is 10.4. The molecule has 4 nitrogen and oxygen atoms in total. The lowest BCUT2D eigenvalue weighted by Gasteiger charge is -2.12. The third-order valence-electron chi connectivity index (χ3n) is 4.03. The largest absolute Gasteiger partial charge is 0.507 e. The Morgan fingerprint density at radius 3 is 2.46 bits per heavy atom. The molecule has 1 heterocycles. The Bertz CT molecular complexity index is 904. The van der Waals surface area contributed by atoms with Gasteiger partial charge in [0.25, 0.3) is 0 Å². The van der Waals surface area contributed by atoms with Crippen molar-refractivity contribution in [3.63, 3.8) is 0 Å². The Balaban J connectivity index is 0.00000208. The summed E-state index contributed by atoms with van der Waals surface area (Å²) in [5, 5.41) is 13.9. The maximum Gasteiger partial charge on any atom is 0.196 e. The number of benzene rings is 2. The fourth-order valence-corrected chi connectivity index (χ4v) is 2.78. The second-order valence-electron chi connectivity index (χ2n) is 5.48. The van der Waals surface area contributed by atoms with Crippen LogP contribution in [0.25, 0.3) is 11.0 Å². The Hall–Kier alpha value is -2.46. The number of anilines is 1. The molecule has 0 radical (unpaired) electrons. The smallest absolute Gasteiger partial charge is 0.196 e. The fraction of sp³-hybridized carbons (Fsp3) is 0.211. The average Bonchev–Trinajstić information content (AvgIpc) is 2.55. The summed E-state index contributed by atoms with van der Waals surface area (Å²) >= 11 is 0. The lowest BCUT2D eigenvalue weighted by atomic mass is 10.0. The highest BCUT2D eigenvalue weighted by Crippen LogP contribution is 2.28. The van der Waals surface area contributed by atoms with Crippen LogP contribution in [-0.2, 0) is 13.0 Å². The number of aromatic hydroxyl groups is 1. The minimum Gasteiger partial charge on any atom is -0.507 e. The Labute approximate surface area is 146 Å². The topological polar surface area (TPSA) is 62.5 Å². The van der Waals surface area contributed by atoms with Crippen LogP contribution in [0.1, 0.15) is 23.8 Å². The van der Waals surface area contributed by atoms with Crippen molar-refractivity contribution < 1.29 is 9.52 Å². The molecule has 0 saturated carbocycles. The van der Waals surface area contributed by atoms with Crippen molar-refractivity contribution in [1.82, 2.24) is 0 Å². The van der Waals surface area contributed by atoms with Gasteiger partial charge in [0.2, 0.25) is 0 Å². The third-order valence-corrected chi connectivity index (χ3v) is 4.03. The highest BCUT2D eigenvalue weighted by molar-refractivity contribution is 5.85. The summed E-state index contributed by atoms with van der Waals surface area (Å²) in [6, 6.07) is 12.9. The van der Waals surface area contributed by atoms with Gasteiger partial charge in [-0.3, -0.25) is 4.79 Å². The van der Waals surface area contributed by atoms with Crippen LogP contribution in [0.4, 0.5) is 5.69 Å². The van der Waals surface area contributed by atoms with E-state index in [4.69, 9.17) is 4.42 Å². The molecule has 0 spiro atoms. The van der Waals surface area contributed by atoms with E-state index >= 15 is 0 Å². The van der Waals surface area contributed by atoms with Crippen molar-refractivity contribution >= 4 is 29.1 Å². The zero-order chi connectivity index (χ0) is 16.4. The zero-order valence-electron chi connectivity index (χ0n) is 13.6. The first-order valence-electron chi connectivity index (χ1n) is 7.68. The number of hydrogen-bond acceptors (Lipinski definition) is 4. The van der Waals surface area contributed by atoms with E-state index in [1.54, 1.807) is 19.1 Å². The lowest BCUT2D eigenvalue weighted by molar-refractivity contribution is 0.466. The molecular weight excluding hydrogens is 326 g/mol. The summed E-state index contributed by atoms with van der Waals surface area (Å²) in [7, 11) is 0. The van der Waals surface area contributed by atoms with Crippen molar-refractivity contribution in [2.45, 2.75) is 26.8 Å². The predicted molar refractivity (Wildman–Crippen MR) is 99.3 cm³/mol. The van der Waals surface area contributed by atoms with Gasteiger partial charge >= 0.3 is 0 Å². The molecule has 0 aliphatic carbocycles. The number of nitrogens with one attached hydrogen (secondary N) is 1. The van der Waals surface area contributed by atoms with Gasteiger partial charge in [-0.05, 0) is 37.6 Å². The molecule has 2 N–H and O–H groups in total. The molecule has 3 rings (SSSR count). The number of halogens is 1. The minimum absolute atomic E-state index is 0. The predicted octanol–water partition coefficient (Wildman–Crippen LogP) is 4.40. The molecule has 24 heavy (non-hydrogen) atoms. The maximum atomic E-state index is 12.6. The summed E-state index contributed by atoms with van der Waals surface area (Å²) in [6.45, 7) is 4.10. The first-order valence-corrected chi connectivity index (χ1v) is 7.68. The van der Waals surface area contributed by atoms with E-state index in [2.05, 4.69) is 5.32 Å².